The van der Waals surface area contributed by atoms with E-state index in [9.17, 15) is 4.79 Å². The van der Waals surface area contributed by atoms with Crippen LogP contribution in [0.5, 0.6) is 0 Å². The molecule has 21 heavy (non-hydrogen) atoms. The summed E-state index contributed by atoms with van der Waals surface area (Å²) in [5, 5.41) is 3.28. The number of rotatable bonds is 4. The number of carbonyl (C=O) groups is 1. The van der Waals surface area contributed by atoms with Crippen LogP contribution in [0.15, 0.2) is 30.3 Å². The van der Waals surface area contributed by atoms with Gasteiger partial charge in [-0.1, -0.05) is 49.6 Å². The number of hydrogen-bond donors (Lipinski definition) is 1. The van der Waals surface area contributed by atoms with Gasteiger partial charge in [-0.2, -0.15) is 0 Å². The summed E-state index contributed by atoms with van der Waals surface area (Å²) in [5.74, 6) is 0.586. The summed E-state index contributed by atoms with van der Waals surface area (Å²) in [4.78, 5) is 14.7. The van der Waals surface area contributed by atoms with E-state index in [0.29, 0.717) is 11.9 Å². The van der Waals surface area contributed by atoms with Gasteiger partial charge >= 0.3 is 0 Å². The number of likely N-dealkylation sites (tertiary alicyclic amines) is 1. The van der Waals surface area contributed by atoms with E-state index >= 15 is 0 Å². The zero-order chi connectivity index (χ0) is 14.5. The number of carbonyl (C=O) groups excluding carboxylic acids is 1. The molecular formula is C18H26N2O. The Hall–Kier alpha value is -1.35. The highest BCUT2D eigenvalue weighted by atomic mass is 16.1. The Morgan fingerprint density at radius 1 is 1.10 bits per heavy atom. The van der Waals surface area contributed by atoms with E-state index < -0.39 is 0 Å². The molecule has 1 aromatic rings. The Morgan fingerprint density at radius 2 is 1.86 bits per heavy atom. The maximum atomic E-state index is 12.3. The topological polar surface area (TPSA) is 32.3 Å². The molecule has 3 nitrogen and oxygen atoms in total. The van der Waals surface area contributed by atoms with Crippen LogP contribution in [0.4, 0.5) is 0 Å². The molecule has 1 heterocycles. The fraction of sp³-hybridized carbons (Fsp3) is 0.611. The first kappa shape index (κ1) is 14.6. The van der Waals surface area contributed by atoms with Crippen LogP contribution in [-0.2, 0) is 11.3 Å². The minimum absolute atomic E-state index is 0.280. The number of benzene rings is 1. The molecule has 0 aromatic heterocycles. The number of nitrogens with zero attached hydrogens (tertiary/aromatic N) is 1. The summed E-state index contributed by atoms with van der Waals surface area (Å²) in [7, 11) is 0. The fourth-order valence-corrected chi connectivity index (χ4v) is 3.62. The van der Waals surface area contributed by atoms with Gasteiger partial charge in [0, 0.05) is 31.6 Å². The summed E-state index contributed by atoms with van der Waals surface area (Å²) < 4.78 is 0. The minimum Gasteiger partial charge on any atom is -0.352 e. The first-order chi connectivity index (χ1) is 10.3. The zero-order valence-corrected chi connectivity index (χ0v) is 12.8. The molecule has 1 aromatic carbocycles. The molecule has 1 saturated heterocycles. The Kier molecular flexibility index (Phi) is 4.91. The first-order valence-corrected chi connectivity index (χ1v) is 8.38. The van der Waals surface area contributed by atoms with Crippen LogP contribution in [0.3, 0.4) is 0 Å². The second kappa shape index (κ2) is 7.08. The lowest BCUT2D eigenvalue weighted by Crippen LogP contribution is -2.41. The van der Waals surface area contributed by atoms with Gasteiger partial charge in [-0.3, -0.25) is 9.69 Å². The van der Waals surface area contributed by atoms with Crippen molar-refractivity contribution in [2.75, 3.05) is 13.1 Å². The second-order valence-corrected chi connectivity index (χ2v) is 6.55. The van der Waals surface area contributed by atoms with Gasteiger partial charge in [0.2, 0.25) is 5.91 Å². The quantitative estimate of drug-likeness (QED) is 0.923. The van der Waals surface area contributed by atoms with Crippen LogP contribution in [-0.4, -0.2) is 29.9 Å². The fourth-order valence-electron chi connectivity index (χ4n) is 3.62. The maximum Gasteiger partial charge on any atom is 0.223 e. The van der Waals surface area contributed by atoms with Crippen molar-refractivity contribution in [3.63, 3.8) is 0 Å². The Balaban J connectivity index is 1.45. The third-order valence-corrected chi connectivity index (χ3v) is 4.84. The maximum absolute atomic E-state index is 12.3. The first-order valence-electron chi connectivity index (χ1n) is 8.38. The molecule has 1 atom stereocenters. The smallest absolute Gasteiger partial charge is 0.223 e. The van der Waals surface area contributed by atoms with Gasteiger partial charge in [0.15, 0.2) is 0 Å². The monoisotopic (exact) mass is 286 g/mol. The molecule has 2 fully saturated rings. The van der Waals surface area contributed by atoms with E-state index in [-0.39, 0.29) is 5.92 Å². The predicted molar refractivity (Wildman–Crippen MR) is 84.8 cm³/mol. The largest absolute Gasteiger partial charge is 0.352 e. The number of nitrogens with one attached hydrogen (secondary N) is 1. The summed E-state index contributed by atoms with van der Waals surface area (Å²) in [6.45, 7) is 3.08. The number of hydrogen-bond acceptors (Lipinski definition) is 2. The second-order valence-electron chi connectivity index (χ2n) is 6.55. The third-order valence-electron chi connectivity index (χ3n) is 4.84. The van der Waals surface area contributed by atoms with Crippen LogP contribution in [0, 0.1) is 5.92 Å². The average Bonchev–Trinajstić information content (AvgIpc) is 2.96. The molecule has 1 unspecified atom stereocenters. The molecule has 2 aliphatic rings. The zero-order valence-electron chi connectivity index (χ0n) is 12.8. The van der Waals surface area contributed by atoms with E-state index in [0.717, 1.165) is 38.9 Å². The molecule has 3 rings (SSSR count). The molecule has 1 N–H and O–H groups in total. The van der Waals surface area contributed by atoms with Gasteiger partial charge in [0.25, 0.3) is 0 Å². The van der Waals surface area contributed by atoms with Crippen molar-refractivity contribution in [3.8, 4) is 0 Å². The molecule has 114 valence electrons. The average molecular weight is 286 g/mol. The van der Waals surface area contributed by atoms with Gasteiger partial charge in [0.05, 0.1) is 0 Å². The molecule has 1 aliphatic carbocycles. The van der Waals surface area contributed by atoms with Crippen LogP contribution in [0.1, 0.15) is 44.1 Å². The highest BCUT2D eigenvalue weighted by molar-refractivity contribution is 5.79. The SMILES string of the molecule is O=C(NC1CCN(Cc2ccccc2)C1)C1CCCCC1. The van der Waals surface area contributed by atoms with Gasteiger partial charge in [-0.15, -0.1) is 0 Å². The summed E-state index contributed by atoms with van der Waals surface area (Å²) in [5.41, 5.74) is 1.36. The normalized spacial score (nSPS) is 24.1. The van der Waals surface area contributed by atoms with Crippen molar-refractivity contribution in [2.24, 2.45) is 5.92 Å². The van der Waals surface area contributed by atoms with Crippen molar-refractivity contribution >= 4 is 5.91 Å². The van der Waals surface area contributed by atoms with Crippen molar-refractivity contribution in [3.05, 3.63) is 35.9 Å². The van der Waals surface area contributed by atoms with Crippen molar-refractivity contribution < 1.29 is 4.79 Å². The van der Waals surface area contributed by atoms with E-state index in [1.807, 2.05) is 0 Å². The lowest BCUT2D eigenvalue weighted by Gasteiger charge is -2.23. The molecule has 1 amide bonds. The summed E-state index contributed by atoms with van der Waals surface area (Å²) in [6, 6.07) is 10.9. The van der Waals surface area contributed by atoms with Gasteiger partial charge in [-0.05, 0) is 24.8 Å². The molecular weight excluding hydrogens is 260 g/mol. The van der Waals surface area contributed by atoms with Gasteiger partial charge < -0.3 is 5.32 Å². The summed E-state index contributed by atoms with van der Waals surface area (Å²) >= 11 is 0. The van der Waals surface area contributed by atoms with Crippen molar-refractivity contribution in [1.29, 1.82) is 0 Å². The van der Waals surface area contributed by atoms with Crippen LogP contribution in [0.25, 0.3) is 0 Å². The molecule has 1 saturated carbocycles. The summed E-state index contributed by atoms with van der Waals surface area (Å²) in [6.07, 6.45) is 7.02. The van der Waals surface area contributed by atoms with Crippen LogP contribution >= 0.6 is 0 Å². The highest BCUT2D eigenvalue weighted by Crippen LogP contribution is 2.24. The number of amides is 1. The Labute approximate surface area is 127 Å². The predicted octanol–water partition coefficient (Wildman–Crippen LogP) is 2.96. The molecule has 1 aliphatic heterocycles. The van der Waals surface area contributed by atoms with E-state index in [1.165, 1.54) is 24.8 Å². The molecule has 0 radical (unpaired) electrons. The standard InChI is InChI=1S/C18H26N2O/c21-18(16-9-5-2-6-10-16)19-17-11-12-20(14-17)13-15-7-3-1-4-8-15/h1,3-4,7-8,16-17H,2,5-6,9-14H2,(H,19,21). The lowest BCUT2D eigenvalue weighted by molar-refractivity contribution is -0.126. The molecule has 3 heteroatoms. The van der Waals surface area contributed by atoms with Gasteiger partial charge in [0.1, 0.15) is 0 Å². The van der Waals surface area contributed by atoms with Crippen molar-refractivity contribution in [1.82, 2.24) is 10.2 Å². The van der Waals surface area contributed by atoms with E-state index in [1.54, 1.807) is 0 Å². The molecule has 0 spiro atoms. The van der Waals surface area contributed by atoms with Crippen molar-refractivity contribution in [2.45, 2.75) is 51.1 Å². The Bertz CT molecular complexity index is 454. The Morgan fingerprint density at radius 3 is 2.62 bits per heavy atom. The van der Waals surface area contributed by atoms with E-state index in [4.69, 9.17) is 0 Å². The molecule has 0 bridgehead atoms. The highest BCUT2D eigenvalue weighted by Gasteiger charge is 2.27. The van der Waals surface area contributed by atoms with Gasteiger partial charge in [-0.25, -0.2) is 0 Å². The van der Waals surface area contributed by atoms with E-state index in [2.05, 4.69) is 40.5 Å². The third kappa shape index (κ3) is 4.07. The lowest BCUT2D eigenvalue weighted by atomic mass is 9.88. The van der Waals surface area contributed by atoms with Crippen LogP contribution < -0.4 is 5.32 Å². The minimum atomic E-state index is 0.280. The van der Waals surface area contributed by atoms with Crippen LogP contribution in [0.2, 0.25) is 0 Å².